The van der Waals surface area contributed by atoms with E-state index in [1.807, 2.05) is 0 Å². The van der Waals surface area contributed by atoms with Gasteiger partial charge in [-0.05, 0) is 24.2 Å². The smallest absolute Gasteiger partial charge is 0.0412 e. The highest BCUT2D eigenvalue weighted by Crippen LogP contribution is 2.41. The highest BCUT2D eigenvalue weighted by molar-refractivity contribution is 6.21. The van der Waals surface area contributed by atoms with Crippen molar-refractivity contribution in [2.24, 2.45) is 11.3 Å². The molecule has 2 atom stereocenters. The largest absolute Gasteiger partial charge is 0.122 e. The van der Waals surface area contributed by atoms with Crippen LogP contribution in [-0.4, -0.2) is 5.38 Å². The number of alkyl halides is 1. The van der Waals surface area contributed by atoms with Gasteiger partial charge in [-0.15, -0.1) is 11.6 Å². The van der Waals surface area contributed by atoms with E-state index in [1.165, 1.54) is 19.3 Å². The Bertz CT molecular complexity index is 118. The average molecular weight is 161 g/mol. The molecule has 0 radical (unpaired) electrons. The van der Waals surface area contributed by atoms with Crippen LogP contribution in [0.15, 0.2) is 0 Å². The molecule has 0 saturated heterocycles. The Hall–Kier alpha value is 0.290. The van der Waals surface area contributed by atoms with Crippen molar-refractivity contribution >= 4 is 11.6 Å². The fourth-order valence-electron chi connectivity index (χ4n) is 1.93. The van der Waals surface area contributed by atoms with E-state index in [4.69, 9.17) is 11.6 Å². The molecule has 0 amide bonds. The van der Waals surface area contributed by atoms with E-state index in [1.54, 1.807) is 0 Å². The zero-order valence-electron chi connectivity index (χ0n) is 7.15. The lowest BCUT2D eigenvalue weighted by Gasteiger charge is -2.38. The van der Waals surface area contributed by atoms with Gasteiger partial charge in [-0.2, -0.15) is 0 Å². The van der Waals surface area contributed by atoms with Gasteiger partial charge in [0.05, 0.1) is 0 Å². The SMILES string of the molecule is CC1CCCC(C)(C)C1Cl. The van der Waals surface area contributed by atoms with Gasteiger partial charge in [-0.25, -0.2) is 0 Å². The van der Waals surface area contributed by atoms with Gasteiger partial charge < -0.3 is 0 Å². The first-order valence-electron chi connectivity index (χ1n) is 4.18. The Kier molecular flexibility index (Phi) is 2.29. The second-order valence-corrected chi connectivity index (χ2v) is 4.73. The minimum atomic E-state index is 0.374. The zero-order valence-corrected chi connectivity index (χ0v) is 7.91. The van der Waals surface area contributed by atoms with Gasteiger partial charge in [-0.1, -0.05) is 27.2 Å². The first kappa shape index (κ1) is 8.39. The molecule has 0 spiro atoms. The van der Waals surface area contributed by atoms with Crippen molar-refractivity contribution in [3.05, 3.63) is 0 Å². The summed E-state index contributed by atoms with van der Waals surface area (Å²) in [6.07, 6.45) is 3.97. The Morgan fingerprint density at radius 1 is 1.40 bits per heavy atom. The maximum Gasteiger partial charge on any atom is 0.0412 e. The van der Waals surface area contributed by atoms with Gasteiger partial charge >= 0.3 is 0 Å². The van der Waals surface area contributed by atoms with E-state index in [0.29, 0.717) is 16.7 Å². The Morgan fingerprint density at radius 3 is 2.40 bits per heavy atom. The first-order valence-corrected chi connectivity index (χ1v) is 4.62. The van der Waals surface area contributed by atoms with Crippen LogP contribution in [0.25, 0.3) is 0 Å². The number of hydrogen-bond acceptors (Lipinski definition) is 0. The fraction of sp³-hybridized carbons (Fsp3) is 1.00. The molecule has 10 heavy (non-hydrogen) atoms. The van der Waals surface area contributed by atoms with Crippen molar-refractivity contribution in [3.8, 4) is 0 Å². The molecule has 1 fully saturated rings. The van der Waals surface area contributed by atoms with Crippen LogP contribution in [0.5, 0.6) is 0 Å². The summed E-state index contributed by atoms with van der Waals surface area (Å²) < 4.78 is 0. The molecule has 1 saturated carbocycles. The van der Waals surface area contributed by atoms with Gasteiger partial charge in [0.15, 0.2) is 0 Å². The summed E-state index contributed by atoms with van der Waals surface area (Å²) in [4.78, 5) is 0. The Morgan fingerprint density at radius 2 is 2.00 bits per heavy atom. The molecule has 0 bridgehead atoms. The van der Waals surface area contributed by atoms with Gasteiger partial charge in [-0.3, -0.25) is 0 Å². The lowest BCUT2D eigenvalue weighted by Crippen LogP contribution is -2.34. The van der Waals surface area contributed by atoms with E-state index in [2.05, 4.69) is 20.8 Å². The summed E-state index contributed by atoms with van der Waals surface area (Å²) in [7, 11) is 0. The summed E-state index contributed by atoms with van der Waals surface area (Å²) in [5.41, 5.74) is 0.374. The van der Waals surface area contributed by atoms with Gasteiger partial charge in [0.1, 0.15) is 0 Å². The van der Waals surface area contributed by atoms with Crippen molar-refractivity contribution < 1.29 is 0 Å². The molecule has 0 N–H and O–H groups in total. The molecule has 0 heterocycles. The molecule has 60 valence electrons. The third kappa shape index (κ3) is 1.47. The van der Waals surface area contributed by atoms with Crippen LogP contribution in [0.3, 0.4) is 0 Å². The van der Waals surface area contributed by atoms with Crippen LogP contribution in [0.2, 0.25) is 0 Å². The van der Waals surface area contributed by atoms with E-state index in [-0.39, 0.29) is 0 Å². The van der Waals surface area contributed by atoms with E-state index >= 15 is 0 Å². The maximum atomic E-state index is 6.26. The van der Waals surface area contributed by atoms with Crippen LogP contribution in [0, 0.1) is 11.3 Å². The summed E-state index contributed by atoms with van der Waals surface area (Å²) >= 11 is 6.26. The lowest BCUT2D eigenvalue weighted by molar-refractivity contribution is 0.199. The Labute approximate surface area is 69.0 Å². The molecule has 0 aromatic rings. The quantitative estimate of drug-likeness (QED) is 0.477. The number of rotatable bonds is 0. The van der Waals surface area contributed by atoms with E-state index in [9.17, 15) is 0 Å². The molecule has 1 rings (SSSR count). The van der Waals surface area contributed by atoms with Crippen molar-refractivity contribution in [1.82, 2.24) is 0 Å². The van der Waals surface area contributed by atoms with Crippen molar-refractivity contribution in [3.63, 3.8) is 0 Å². The van der Waals surface area contributed by atoms with Crippen LogP contribution >= 0.6 is 11.6 Å². The molecule has 0 aromatic heterocycles. The summed E-state index contributed by atoms with van der Waals surface area (Å²) in [6, 6.07) is 0. The standard InChI is InChI=1S/C9H17Cl/c1-7-5-4-6-9(2,3)8(7)10/h7-8H,4-6H2,1-3H3. The molecule has 2 unspecified atom stereocenters. The van der Waals surface area contributed by atoms with Crippen molar-refractivity contribution in [2.45, 2.75) is 45.4 Å². The summed E-state index contributed by atoms with van der Waals surface area (Å²) in [6.45, 7) is 6.82. The minimum Gasteiger partial charge on any atom is -0.122 e. The number of halogens is 1. The second kappa shape index (κ2) is 2.73. The highest BCUT2D eigenvalue weighted by atomic mass is 35.5. The average Bonchev–Trinajstić information content (AvgIpc) is 1.83. The molecular formula is C9H17Cl. The van der Waals surface area contributed by atoms with Crippen LogP contribution in [0.1, 0.15) is 40.0 Å². The predicted octanol–water partition coefficient (Wildman–Crippen LogP) is 3.44. The predicted molar refractivity (Wildman–Crippen MR) is 46.4 cm³/mol. The summed E-state index contributed by atoms with van der Waals surface area (Å²) in [5.74, 6) is 0.713. The fourth-order valence-corrected chi connectivity index (χ4v) is 2.17. The number of hydrogen-bond donors (Lipinski definition) is 0. The lowest BCUT2D eigenvalue weighted by atomic mass is 9.72. The third-order valence-corrected chi connectivity index (χ3v) is 3.75. The van der Waals surface area contributed by atoms with Gasteiger partial charge in [0.25, 0.3) is 0 Å². The highest BCUT2D eigenvalue weighted by Gasteiger charge is 2.34. The second-order valence-electron chi connectivity index (χ2n) is 4.26. The molecule has 1 heteroatoms. The van der Waals surface area contributed by atoms with Crippen LogP contribution < -0.4 is 0 Å². The van der Waals surface area contributed by atoms with Crippen molar-refractivity contribution in [2.75, 3.05) is 0 Å². The Balaban J connectivity index is 2.60. The topological polar surface area (TPSA) is 0 Å². The van der Waals surface area contributed by atoms with Gasteiger partial charge in [0, 0.05) is 5.38 Å². The molecule has 1 aliphatic rings. The van der Waals surface area contributed by atoms with Crippen LogP contribution in [0.4, 0.5) is 0 Å². The minimum absolute atomic E-state index is 0.374. The molecule has 0 aliphatic heterocycles. The first-order chi connectivity index (χ1) is 4.54. The molecule has 1 aliphatic carbocycles. The molecule has 0 aromatic carbocycles. The van der Waals surface area contributed by atoms with Crippen molar-refractivity contribution in [1.29, 1.82) is 0 Å². The van der Waals surface area contributed by atoms with E-state index in [0.717, 1.165) is 0 Å². The van der Waals surface area contributed by atoms with Gasteiger partial charge in [0.2, 0.25) is 0 Å². The third-order valence-electron chi connectivity index (χ3n) is 2.73. The summed E-state index contributed by atoms with van der Waals surface area (Å²) in [5, 5.41) is 0.390. The van der Waals surface area contributed by atoms with Crippen LogP contribution in [-0.2, 0) is 0 Å². The molecular weight excluding hydrogens is 144 g/mol. The molecule has 0 nitrogen and oxygen atoms in total. The monoisotopic (exact) mass is 160 g/mol. The normalized spacial score (nSPS) is 39.6. The van der Waals surface area contributed by atoms with E-state index < -0.39 is 0 Å². The zero-order chi connectivity index (χ0) is 7.78. The maximum absolute atomic E-state index is 6.26.